The van der Waals surface area contributed by atoms with Gasteiger partial charge in [0.05, 0.1) is 0 Å². The molecular formula is C16H29NO. The Morgan fingerprint density at radius 2 is 2.00 bits per heavy atom. The van der Waals surface area contributed by atoms with Crippen LogP contribution in [-0.4, -0.2) is 29.8 Å². The Morgan fingerprint density at radius 1 is 1.22 bits per heavy atom. The van der Waals surface area contributed by atoms with E-state index >= 15 is 0 Å². The van der Waals surface area contributed by atoms with Crippen LogP contribution in [0.4, 0.5) is 0 Å². The van der Waals surface area contributed by atoms with E-state index in [0.29, 0.717) is 11.7 Å². The smallest absolute Gasteiger partial charge is 0.142 e. The Labute approximate surface area is 112 Å². The molecule has 1 saturated carbocycles. The van der Waals surface area contributed by atoms with Gasteiger partial charge in [-0.15, -0.1) is 0 Å². The van der Waals surface area contributed by atoms with Crippen molar-refractivity contribution in [2.45, 2.75) is 71.8 Å². The second-order valence-corrected chi connectivity index (χ2v) is 6.89. The minimum Gasteiger partial charge on any atom is -0.300 e. The second kappa shape index (κ2) is 5.73. The van der Waals surface area contributed by atoms with Crippen molar-refractivity contribution in [2.75, 3.05) is 13.1 Å². The second-order valence-electron chi connectivity index (χ2n) is 6.89. The first-order valence-electron chi connectivity index (χ1n) is 7.83. The highest BCUT2D eigenvalue weighted by atomic mass is 16.1. The first-order valence-corrected chi connectivity index (χ1v) is 7.83. The fourth-order valence-electron chi connectivity index (χ4n) is 3.74. The minimum absolute atomic E-state index is 0.0573. The van der Waals surface area contributed by atoms with Crippen LogP contribution in [0, 0.1) is 11.3 Å². The molecule has 1 aliphatic heterocycles. The average Bonchev–Trinajstić information content (AvgIpc) is 2.55. The van der Waals surface area contributed by atoms with Crippen molar-refractivity contribution in [3.05, 3.63) is 0 Å². The highest BCUT2D eigenvalue weighted by molar-refractivity contribution is 5.88. The van der Waals surface area contributed by atoms with Crippen molar-refractivity contribution in [1.29, 1.82) is 0 Å². The highest BCUT2D eigenvalue weighted by Crippen LogP contribution is 2.38. The Bertz CT molecular complexity index is 297. The van der Waals surface area contributed by atoms with Gasteiger partial charge >= 0.3 is 0 Å². The third-order valence-electron chi connectivity index (χ3n) is 5.08. The van der Waals surface area contributed by atoms with Crippen molar-refractivity contribution in [2.24, 2.45) is 11.3 Å². The lowest BCUT2D eigenvalue weighted by molar-refractivity contribution is -0.128. The molecule has 2 atom stereocenters. The van der Waals surface area contributed by atoms with Crippen LogP contribution in [0.5, 0.6) is 0 Å². The number of ketones is 1. The Hall–Kier alpha value is -0.370. The number of carbonyl (C=O) groups excluding carboxylic acids is 1. The Kier molecular flexibility index (Phi) is 4.47. The number of likely N-dealkylation sites (tertiary alicyclic amines) is 1. The maximum Gasteiger partial charge on any atom is 0.142 e. The quantitative estimate of drug-likeness (QED) is 0.763. The molecule has 2 heteroatoms. The summed E-state index contributed by atoms with van der Waals surface area (Å²) in [6.45, 7) is 8.77. The van der Waals surface area contributed by atoms with Gasteiger partial charge in [0.1, 0.15) is 5.78 Å². The van der Waals surface area contributed by atoms with E-state index in [1.54, 1.807) is 0 Å². The zero-order chi connectivity index (χ0) is 13.2. The van der Waals surface area contributed by atoms with Gasteiger partial charge in [-0.05, 0) is 38.6 Å². The number of carbonyl (C=O) groups is 1. The third-order valence-corrected chi connectivity index (χ3v) is 5.08. The maximum atomic E-state index is 12.4. The van der Waals surface area contributed by atoms with E-state index in [0.717, 1.165) is 25.4 Å². The SMILES string of the molecule is CCC1CCCCCN1CC1CCC(C)(C)C1=O. The monoisotopic (exact) mass is 251 g/mol. The standard InChI is InChI=1S/C16H29NO/c1-4-14-8-6-5-7-11-17(14)12-13-9-10-16(2,3)15(13)18/h13-14H,4-12H2,1-3H3. The highest BCUT2D eigenvalue weighted by Gasteiger charge is 2.41. The average molecular weight is 251 g/mol. The molecule has 0 aromatic heterocycles. The van der Waals surface area contributed by atoms with Crippen molar-refractivity contribution < 1.29 is 4.79 Å². The summed E-state index contributed by atoms with van der Waals surface area (Å²) >= 11 is 0. The van der Waals surface area contributed by atoms with Gasteiger partial charge in [0, 0.05) is 23.9 Å². The van der Waals surface area contributed by atoms with Crippen LogP contribution in [0.2, 0.25) is 0 Å². The number of hydrogen-bond donors (Lipinski definition) is 0. The van der Waals surface area contributed by atoms with Gasteiger partial charge in [0.25, 0.3) is 0 Å². The van der Waals surface area contributed by atoms with Crippen LogP contribution >= 0.6 is 0 Å². The zero-order valence-electron chi connectivity index (χ0n) is 12.4. The summed E-state index contributed by atoms with van der Waals surface area (Å²) in [6.07, 6.45) is 8.84. The fraction of sp³-hybridized carbons (Fsp3) is 0.938. The topological polar surface area (TPSA) is 20.3 Å². The molecular weight excluding hydrogens is 222 g/mol. The molecule has 1 aliphatic carbocycles. The van der Waals surface area contributed by atoms with E-state index in [4.69, 9.17) is 0 Å². The summed E-state index contributed by atoms with van der Waals surface area (Å²) < 4.78 is 0. The molecule has 104 valence electrons. The summed E-state index contributed by atoms with van der Waals surface area (Å²) in [5.74, 6) is 0.828. The molecule has 0 aromatic rings. The van der Waals surface area contributed by atoms with Gasteiger partial charge in [-0.2, -0.15) is 0 Å². The first kappa shape index (κ1) is 14.0. The predicted octanol–water partition coefficient (Wildman–Crippen LogP) is 3.65. The van der Waals surface area contributed by atoms with E-state index in [2.05, 4.69) is 25.7 Å². The Morgan fingerprint density at radius 3 is 2.61 bits per heavy atom. The molecule has 2 rings (SSSR count). The molecule has 18 heavy (non-hydrogen) atoms. The molecule has 0 spiro atoms. The minimum atomic E-state index is -0.0573. The molecule has 0 amide bonds. The van der Waals surface area contributed by atoms with Gasteiger partial charge in [0.15, 0.2) is 0 Å². The first-order chi connectivity index (χ1) is 8.54. The molecule has 1 heterocycles. The summed E-state index contributed by atoms with van der Waals surface area (Å²) in [5.41, 5.74) is -0.0573. The van der Waals surface area contributed by atoms with Gasteiger partial charge in [-0.3, -0.25) is 9.69 Å². The zero-order valence-corrected chi connectivity index (χ0v) is 12.4. The van der Waals surface area contributed by atoms with Crippen LogP contribution in [0.3, 0.4) is 0 Å². The molecule has 0 N–H and O–H groups in total. The molecule has 1 saturated heterocycles. The predicted molar refractivity (Wildman–Crippen MR) is 75.6 cm³/mol. The molecule has 2 nitrogen and oxygen atoms in total. The summed E-state index contributed by atoms with van der Waals surface area (Å²) in [7, 11) is 0. The number of nitrogens with zero attached hydrogens (tertiary/aromatic N) is 1. The molecule has 2 unspecified atom stereocenters. The molecule has 0 radical (unpaired) electrons. The number of rotatable bonds is 3. The van der Waals surface area contributed by atoms with Gasteiger partial charge in [-0.25, -0.2) is 0 Å². The Balaban J connectivity index is 1.97. The summed E-state index contributed by atoms with van der Waals surface area (Å²) in [6, 6.07) is 0.726. The number of Topliss-reactive ketones (excluding diaryl/α,β-unsaturated/α-hetero) is 1. The van der Waals surface area contributed by atoms with Crippen LogP contribution in [0.15, 0.2) is 0 Å². The van der Waals surface area contributed by atoms with E-state index in [-0.39, 0.29) is 5.41 Å². The van der Waals surface area contributed by atoms with Crippen LogP contribution in [0.25, 0.3) is 0 Å². The van der Waals surface area contributed by atoms with Crippen LogP contribution in [0.1, 0.15) is 65.7 Å². The van der Waals surface area contributed by atoms with Gasteiger partial charge in [-0.1, -0.05) is 33.6 Å². The largest absolute Gasteiger partial charge is 0.300 e. The lowest BCUT2D eigenvalue weighted by Crippen LogP contribution is -2.40. The van der Waals surface area contributed by atoms with Crippen molar-refractivity contribution >= 4 is 5.78 Å². The van der Waals surface area contributed by atoms with Crippen molar-refractivity contribution in [3.63, 3.8) is 0 Å². The third kappa shape index (κ3) is 2.96. The lowest BCUT2D eigenvalue weighted by atomic mass is 9.89. The fourth-order valence-corrected chi connectivity index (χ4v) is 3.74. The van der Waals surface area contributed by atoms with E-state index in [1.807, 2.05) is 0 Å². The number of hydrogen-bond acceptors (Lipinski definition) is 2. The maximum absolute atomic E-state index is 12.4. The molecule has 0 bridgehead atoms. The van der Waals surface area contributed by atoms with Crippen molar-refractivity contribution in [3.8, 4) is 0 Å². The normalized spacial score (nSPS) is 33.6. The van der Waals surface area contributed by atoms with Gasteiger partial charge < -0.3 is 0 Å². The molecule has 2 aliphatic rings. The molecule has 2 fully saturated rings. The lowest BCUT2D eigenvalue weighted by Gasteiger charge is -2.31. The van der Waals surface area contributed by atoms with Crippen LogP contribution < -0.4 is 0 Å². The summed E-state index contributed by atoms with van der Waals surface area (Å²) in [4.78, 5) is 15.0. The van der Waals surface area contributed by atoms with E-state index < -0.39 is 0 Å². The van der Waals surface area contributed by atoms with Crippen molar-refractivity contribution in [1.82, 2.24) is 4.90 Å². The van der Waals surface area contributed by atoms with E-state index in [9.17, 15) is 4.79 Å². The van der Waals surface area contributed by atoms with E-state index in [1.165, 1.54) is 38.6 Å². The molecule has 0 aromatic carbocycles. The summed E-state index contributed by atoms with van der Waals surface area (Å²) in [5, 5.41) is 0. The van der Waals surface area contributed by atoms with Crippen LogP contribution in [-0.2, 0) is 4.79 Å². The van der Waals surface area contributed by atoms with Gasteiger partial charge in [0.2, 0.25) is 0 Å².